The molecule has 1 aliphatic rings. The molecule has 0 bridgehead atoms. The Morgan fingerprint density at radius 3 is 2.33 bits per heavy atom. The first kappa shape index (κ1) is 15.0. The smallest absolute Gasteiger partial charge is 0.305 e. The van der Waals surface area contributed by atoms with E-state index in [0.29, 0.717) is 0 Å². The molecule has 2 atom stereocenters. The van der Waals surface area contributed by atoms with Gasteiger partial charge in [-0.15, -0.1) is 0 Å². The van der Waals surface area contributed by atoms with Gasteiger partial charge in [0.2, 0.25) is 5.91 Å². The fourth-order valence-corrected chi connectivity index (χ4v) is 2.48. The van der Waals surface area contributed by atoms with Gasteiger partial charge in [0.05, 0.1) is 12.3 Å². The van der Waals surface area contributed by atoms with Gasteiger partial charge in [-0.3, -0.25) is 9.59 Å². The van der Waals surface area contributed by atoms with E-state index >= 15 is 0 Å². The zero-order valence-electron chi connectivity index (χ0n) is 11.5. The van der Waals surface area contributed by atoms with Crippen LogP contribution in [0.4, 0.5) is 0 Å². The number of carboxylic acid groups (broad SMARTS) is 1. The van der Waals surface area contributed by atoms with Crippen molar-refractivity contribution in [2.45, 2.75) is 58.0 Å². The van der Waals surface area contributed by atoms with Crippen LogP contribution in [-0.4, -0.2) is 40.0 Å². The molecule has 0 heterocycles. The average molecular weight is 256 g/mol. The number of aliphatic carboxylic acids is 1. The van der Waals surface area contributed by atoms with E-state index in [1.165, 1.54) is 0 Å². The van der Waals surface area contributed by atoms with Crippen LogP contribution < -0.4 is 5.73 Å². The summed E-state index contributed by atoms with van der Waals surface area (Å²) in [5.74, 6) is -1.01. The molecule has 1 saturated carbocycles. The third-order valence-electron chi connectivity index (χ3n) is 3.51. The summed E-state index contributed by atoms with van der Waals surface area (Å²) in [5.41, 5.74) is 5.59. The van der Waals surface area contributed by atoms with Crippen molar-refractivity contribution in [1.29, 1.82) is 0 Å². The number of carbonyl (C=O) groups excluding carboxylic acids is 1. The Hall–Kier alpha value is -1.10. The first-order chi connectivity index (χ1) is 8.23. The number of hydrogen-bond acceptors (Lipinski definition) is 3. The Balaban J connectivity index is 2.76. The zero-order valence-corrected chi connectivity index (χ0v) is 11.5. The molecule has 0 radical (unpaired) electrons. The van der Waals surface area contributed by atoms with Crippen molar-refractivity contribution in [1.82, 2.24) is 4.90 Å². The van der Waals surface area contributed by atoms with Gasteiger partial charge in [-0.25, -0.2) is 0 Å². The summed E-state index contributed by atoms with van der Waals surface area (Å²) in [5, 5.41) is 8.76. The number of nitrogens with zero attached hydrogens (tertiary/aromatic N) is 1. The number of hydrogen-bond donors (Lipinski definition) is 2. The summed E-state index contributed by atoms with van der Waals surface area (Å²) in [6.07, 6.45) is 2.66. The van der Waals surface area contributed by atoms with Crippen LogP contribution in [0.2, 0.25) is 0 Å². The Labute approximate surface area is 108 Å². The summed E-state index contributed by atoms with van der Waals surface area (Å²) >= 11 is 0. The maximum Gasteiger partial charge on any atom is 0.305 e. The highest BCUT2D eigenvalue weighted by molar-refractivity contribution is 5.81. The van der Waals surface area contributed by atoms with Crippen molar-refractivity contribution in [3.63, 3.8) is 0 Å². The Morgan fingerprint density at radius 2 is 1.94 bits per heavy atom. The fraction of sp³-hybridized carbons (Fsp3) is 0.846. The van der Waals surface area contributed by atoms with Crippen molar-refractivity contribution in [2.75, 3.05) is 6.54 Å². The summed E-state index contributed by atoms with van der Waals surface area (Å²) in [4.78, 5) is 24.8. The molecule has 1 rings (SSSR count). The molecule has 0 spiro atoms. The third-order valence-corrected chi connectivity index (χ3v) is 3.51. The van der Waals surface area contributed by atoms with Crippen LogP contribution >= 0.6 is 0 Å². The van der Waals surface area contributed by atoms with Crippen molar-refractivity contribution < 1.29 is 14.7 Å². The molecule has 0 aromatic rings. The lowest BCUT2D eigenvalue weighted by Gasteiger charge is -2.38. The second-order valence-electron chi connectivity index (χ2n) is 6.01. The number of carbonyl (C=O) groups is 2. The third kappa shape index (κ3) is 3.70. The average Bonchev–Trinajstić information content (AvgIpc) is 2.61. The largest absolute Gasteiger partial charge is 0.481 e. The minimum atomic E-state index is -0.882. The first-order valence-electron chi connectivity index (χ1n) is 6.52. The quantitative estimate of drug-likeness (QED) is 0.792. The molecule has 5 heteroatoms. The topological polar surface area (TPSA) is 83.6 Å². The van der Waals surface area contributed by atoms with Gasteiger partial charge in [-0.1, -0.05) is 6.42 Å². The lowest BCUT2D eigenvalue weighted by Crippen LogP contribution is -2.51. The highest BCUT2D eigenvalue weighted by atomic mass is 16.4. The molecule has 1 aliphatic carbocycles. The Bertz CT molecular complexity index is 323. The monoisotopic (exact) mass is 256 g/mol. The minimum absolute atomic E-state index is 0.00810. The van der Waals surface area contributed by atoms with Gasteiger partial charge in [0, 0.05) is 18.1 Å². The molecular formula is C13H24N2O3. The predicted octanol–water partition coefficient (Wildman–Crippen LogP) is 1.22. The van der Waals surface area contributed by atoms with Crippen molar-refractivity contribution in [3.05, 3.63) is 0 Å². The summed E-state index contributed by atoms with van der Waals surface area (Å²) in [6, 6.07) is -0.0767. The zero-order chi connectivity index (χ0) is 13.9. The fourth-order valence-electron chi connectivity index (χ4n) is 2.48. The van der Waals surface area contributed by atoms with Crippen molar-refractivity contribution in [3.8, 4) is 0 Å². The van der Waals surface area contributed by atoms with E-state index in [9.17, 15) is 9.59 Å². The molecule has 2 unspecified atom stereocenters. The molecule has 0 aromatic heterocycles. The number of rotatable bonds is 4. The van der Waals surface area contributed by atoms with Gasteiger partial charge < -0.3 is 15.7 Å². The van der Waals surface area contributed by atoms with Gasteiger partial charge in [-0.05, 0) is 33.6 Å². The van der Waals surface area contributed by atoms with Gasteiger partial charge in [0.25, 0.3) is 0 Å². The van der Waals surface area contributed by atoms with Crippen molar-refractivity contribution in [2.24, 2.45) is 11.7 Å². The molecular weight excluding hydrogens is 232 g/mol. The number of amides is 1. The van der Waals surface area contributed by atoms with E-state index in [0.717, 1.165) is 19.3 Å². The maximum absolute atomic E-state index is 12.5. The molecule has 0 aromatic carbocycles. The lowest BCUT2D eigenvalue weighted by molar-refractivity contribution is -0.143. The van der Waals surface area contributed by atoms with E-state index in [2.05, 4.69) is 0 Å². The molecule has 5 nitrogen and oxygen atoms in total. The van der Waals surface area contributed by atoms with E-state index in [-0.39, 0.29) is 36.4 Å². The molecule has 1 amide bonds. The van der Waals surface area contributed by atoms with E-state index in [1.807, 2.05) is 20.8 Å². The number of carboxylic acids is 1. The molecule has 104 valence electrons. The van der Waals surface area contributed by atoms with Crippen LogP contribution in [0.5, 0.6) is 0 Å². The number of nitrogens with two attached hydrogens (primary N) is 1. The first-order valence-corrected chi connectivity index (χ1v) is 6.52. The second-order valence-corrected chi connectivity index (χ2v) is 6.01. The standard InChI is InChI=1S/C13H24N2O3/c1-13(2,3)15(8-7-11(16)17)12(18)9-5-4-6-10(9)14/h9-10H,4-8,14H2,1-3H3,(H,16,17). The van der Waals surface area contributed by atoms with E-state index in [4.69, 9.17) is 10.8 Å². The van der Waals surface area contributed by atoms with Crippen LogP contribution in [0.3, 0.4) is 0 Å². The van der Waals surface area contributed by atoms with Crippen LogP contribution in [-0.2, 0) is 9.59 Å². The van der Waals surface area contributed by atoms with Crippen LogP contribution in [0.25, 0.3) is 0 Å². The molecule has 0 saturated heterocycles. The normalized spacial score (nSPS) is 24.0. The highest BCUT2D eigenvalue weighted by Crippen LogP contribution is 2.28. The Kier molecular flexibility index (Phi) is 4.73. The minimum Gasteiger partial charge on any atom is -0.481 e. The Morgan fingerprint density at radius 1 is 1.33 bits per heavy atom. The summed E-state index contributed by atoms with van der Waals surface area (Å²) in [7, 11) is 0. The van der Waals surface area contributed by atoms with Crippen LogP contribution in [0.15, 0.2) is 0 Å². The molecule has 3 N–H and O–H groups in total. The summed E-state index contributed by atoms with van der Waals surface area (Å²) < 4.78 is 0. The second kappa shape index (κ2) is 5.69. The SMILES string of the molecule is CC(C)(C)N(CCC(=O)O)C(=O)C1CCCC1N. The van der Waals surface area contributed by atoms with Gasteiger partial charge in [-0.2, -0.15) is 0 Å². The van der Waals surface area contributed by atoms with Gasteiger partial charge >= 0.3 is 5.97 Å². The molecule has 18 heavy (non-hydrogen) atoms. The van der Waals surface area contributed by atoms with Gasteiger partial charge in [0.15, 0.2) is 0 Å². The molecule has 1 fully saturated rings. The highest BCUT2D eigenvalue weighted by Gasteiger charge is 2.37. The maximum atomic E-state index is 12.5. The van der Waals surface area contributed by atoms with Crippen LogP contribution in [0, 0.1) is 5.92 Å². The van der Waals surface area contributed by atoms with Gasteiger partial charge in [0.1, 0.15) is 0 Å². The molecule has 0 aliphatic heterocycles. The lowest BCUT2D eigenvalue weighted by atomic mass is 9.97. The van der Waals surface area contributed by atoms with E-state index < -0.39 is 5.97 Å². The van der Waals surface area contributed by atoms with Crippen LogP contribution in [0.1, 0.15) is 46.5 Å². The predicted molar refractivity (Wildman–Crippen MR) is 69.0 cm³/mol. The van der Waals surface area contributed by atoms with E-state index in [1.54, 1.807) is 4.90 Å². The summed E-state index contributed by atoms with van der Waals surface area (Å²) in [6.45, 7) is 6.02. The van der Waals surface area contributed by atoms with Crippen molar-refractivity contribution >= 4 is 11.9 Å².